The van der Waals surface area contributed by atoms with Crippen LogP contribution >= 0.6 is 0 Å². The molecule has 2 unspecified atom stereocenters. The normalized spacial score (nSPS) is 26.9. The average Bonchev–Trinajstić information content (AvgIpc) is 2.75. The van der Waals surface area contributed by atoms with Crippen LogP contribution in [-0.2, 0) is 4.79 Å². The van der Waals surface area contributed by atoms with E-state index in [1.165, 1.54) is 6.26 Å². The number of carbonyl (C=O) groups excluding carboxylic acids is 1. The second-order valence-electron chi connectivity index (χ2n) is 5.49. The number of nitrogens with one attached hydrogen (secondary N) is 1. The highest BCUT2D eigenvalue weighted by Gasteiger charge is 2.43. The molecule has 2 rings (SSSR count). The minimum atomic E-state index is -1.14. The maximum Gasteiger partial charge on any atom is 0.329 e. The molecule has 5 heteroatoms. The molecule has 2 N–H and O–H groups in total. The van der Waals surface area contributed by atoms with E-state index in [9.17, 15) is 14.7 Å². The van der Waals surface area contributed by atoms with Crippen molar-refractivity contribution in [3.05, 3.63) is 23.7 Å². The zero-order valence-corrected chi connectivity index (χ0v) is 11.2. The summed E-state index contributed by atoms with van der Waals surface area (Å²) in [6.07, 6.45) is 4.14. The van der Waals surface area contributed by atoms with E-state index in [1.807, 2.05) is 6.92 Å². The molecule has 1 aromatic rings. The maximum atomic E-state index is 12.1. The van der Waals surface area contributed by atoms with Gasteiger partial charge in [0.2, 0.25) is 0 Å². The summed E-state index contributed by atoms with van der Waals surface area (Å²) in [7, 11) is 0. The summed E-state index contributed by atoms with van der Waals surface area (Å²) in [5.41, 5.74) is -0.767. The molecule has 0 radical (unpaired) electrons. The highest BCUT2D eigenvalue weighted by Crippen LogP contribution is 2.32. The number of hydrogen-bond donors (Lipinski definition) is 2. The average molecular weight is 265 g/mol. The van der Waals surface area contributed by atoms with Crippen molar-refractivity contribution in [2.45, 2.75) is 45.1 Å². The number of amides is 1. The van der Waals surface area contributed by atoms with Gasteiger partial charge in [-0.15, -0.1) is 0 Å². The van der Waals surface area contributed by atoms with Crippen LogP contribution in [0.4, 0.5) is 0 Å². The summed E-state index contributed by atoms with van der Waals surface area (Å²) in [5, 5.41) is 12.2. The first-order valence-electron chi connectivity index (χ1n) is 6.54. The van der Waals surface area contributed by atoms with E-state index in [-0.39, 0.29) is 5.91 Å². The third-order valence-corrected chi connectivity index (χ3v) is 3.75. The largest absolute Gasteiger partial charge is 0.480 e. The summed E-state index contributed by atoms with van der Waals surface area (Å²) in [6.45, 7) is 3.76. The second kappa shape index (κ2) is 5.07. The summed E-state index contributed by atoms with van der Waals surface area (Å²) in [5.74, 6) is -0.399. The monoisotopic (exact) mass is 265 g/mol. The SMILES string of the molecule is Cc1cc(C(=O)NC2(C(=O)O)CCCC(C)C2)co1. The van der Waals surface area contributed by atoms with Crippen LogP contribution in [0.1, 0.15) is 48.7 Å². The Morgan fingerprint density at radius 1 is 1.53 bits per heavy atom. The second-order valence-corrected chi connectivity index (χ2v) is 5.49. The molecule has 0 aromatic carbocycles. The van der Waals surface area contributed by atoms with Crippen molar-refractivity contribution in [1.82, 2.24) is 5.32 Å². The Kier molecular flexibility index (Phi) is 3.64. The number of aliphatic carboxylic acids is 1. The maximum absolute atomic E-state index is 12.1. The fourth-order valence-electron chi connectivity index (χ4n) is 2.76. The van der Waals surface area contributed by atoms with Gasteiger partial charge in [-0.05, 0) is 31.7 Å². The van der Waals surface area contributed by atoms with Gasteiger partial charge in [-0.25, -0.2) is 4.79 Å². The van der Waals surface area contributed by atoms with Crippen LogP contribution < -0.4 is 5.32 Å². The number of carboxylic acids is 1. The first-order valence-corrected chi connectivity index (χ1v) is 6.54. The summed E-state index contributed by atoms with van der Waals surface area (Å²) >= 11 is 0. The Hall–Kier alpha value is -1.78. The molecule has 1 heterocycles. The van der Waals surface area contributed by atoms with E-state index in [0.717, 1.165) is 12.8 Å². The zero-order chi connectivity index (χ0) is 14.0. The Balaban J connectivity index is 2.17. The topological polar surface area (TPSA) is 79.5 Å². The summed E-state index contributed by atoms with van der Waals surface area (Å²) in [4.78, 5) is 23.7. The lowest BCUT2D eigenvalue weighted by molar-refractivity contribution is -0.146. The predicted molar refractivity (Wildman–Crippen MR) is 68.9 cm³/mol. The van der Waals surface area contributed by atoms with E-state index in [2.05, 4.69) is 5.32 Å². The van der Waals surface area contributed by atoms with E-state index in [4.69, 9.17) is 4.42 Å². The minimum Gasteiger partial charge on any atom is -0.480 e. The Morgan fingerprint density at radius 2 is 2.26 bits per heavy atom. The van der Waals surface area contributed by atoms with E-state index < -0.39 is 11.5 Å². The molecule has 0 aliphatic heterocycles. The highest BCUT2D eigenvalue weighted by atomic mass is 16.4. The van der Waals surface area contributed by atoms with E-state index in [0.29, 0.717) is 30.1 Å². The van der Waals surface area contributed by atoms with Gasteiger partial charge in [0.1, 0.15) is 17.6 Å². The molecule has 2 atom stereocenters. The van der Waals surface area contributed by atoms with Gasteiger partial charge in [-0.2, -0.15) is 0 Å². The van der Waals surface area contributed by atoms with Crippen LogP contribution in [0.15, 0.2) is 16.7 Å². The van der Waals surface area contributed by atoms with Gasteiger partial charge in [-0.1, -0.05) is 19.8 Å². The van der Waals surface area contributed by atoms with E-state index >= 15 is 0 Å². The lowest BCUT2D eigenvalue weighted by atomic mass is 9.76. The number of carboxylic acid groups (broad SMARTS) is 1. The standard InChI is InChI=1S/C14H19NO4/c1-9-4-3-5-14(7-9,13(17)18)15-12(16)11-6-10(2)19-8-11/h6,8-9H,3-5,7H2,1-2H3,(H,15,16)(H,17,18). The van der Waals surface area contributed by atoms with Gasteiger partial charge in [0.25, 0.3) is 5.91 Å². The van der Waals surface area contributed by atoms with Crippen molar-refractivity contribution >= 4 is 11.9 Å². The van der Waals surface area contributed by atoms with Crippen LogP contribution in [0.2, 0.25) is 0 Å². The van der Waals surface area contributed by atoms with Gasteiger partial charge >= 0.3 is 5.97 Å². The highest BCUT2D eigenvalue weighted by molar-refractivity contribution is 5.97. The van der Waals surface area contributed by atoms with Gasteiger partial charge < -0.3 is 14.8 Å². The molecule has 19 heavy (non-hydrogen) atoms. The van der Waals surface area contributed by atoms with Crippen LogP contribution in [0.25, 0.3) is 0 Å². The first-order chi connectivity index (χ1) is 8.93. The smallest absolute Gasteiger partial charge is 0.329 e. The Labute approximate surface area is 112 Å². The molecule has 1 saturated carbocycles. The molecular formula is C14H19NO4. The van der Waals surface area contributed by atoms with Crippen LogP contribution in [-0.4, -0.2) is 22.5 Å². The van der Waals surface area contributed by atoms with Crippen molar-refractivity contribution < 1.29 is 19.1 Å². The van der Waals surface area contributed by atoms with Crippen molar-refractivity contribution in [1.29, 1.82) is 0 Å². The number of hydrogen-bond acceptors (Lipinski definition) is 3. The number of rotatable bonds is 3. The Morgan fingerprint density at radius 3 is 2.79 bits per heavy atom. The summed E-state index contributed by atoms with van der Waals surface area (Å²) < 4.78 is 5.08. The zero-order valence-electron chi connectivity index (χ0n) is 11.2. The summed E-state index contributed by atoms with van der Waals surface area (Å²) in [6, 6.07) is 1.61. The van der Waals surface area contributed by atoms with Crippen molar-refractivity contribution in [3.63, 3.8) is 0 Å². The minimum absolute atomic E-state index is 0.302. The van der Waals surface area contributed by atoms with Gasteiger partial charge in [0.15, 0.2) is 0 Å². The molecule has 0 saturated heterocycles. The van der Waals surface area contributed by atoms with Crippen LogP contribution in [0, 0.1) is 12.8 Å². The lowest BCUT2D eigenvalue weighted by Gasteiger charge is -2.36. The molecular weight excluding hydrogens is 246 g/mol. The van der Waals surface area contributed by atoms with E-state index in [1.54, 1.807) is 13.0 Å². The molecule has 1 amide bonds. The predicted octanol–water partition coefficient (Wildman–Crippen LogP) is 2.35. The van der Waals surface area contributed by atoms with Gasteiger partial charge in [-0.3, -0.25) is 4.79 Å². The van der Waals surface area contributed by atoms with Gasteiger partial charge in [0, 0.05) is 0 Å². The molecule has 0 bridgehead atoms. The molecule has 5 nitrogen and oxygen atoms in total. The lowest BCUT2D eigenvalue weighted by Crippen LogP contribution is -2.56. The van der Waals surface area contributed by atoms with Crippen molar-refractivity contribution in [2.24, 2.45) is 5.92 Å². The number of carbonyl (C=O) groups is 2. The molecule has 1 aromatic heterocycles. The Bertz CT molecular complexity index is 493. The molecule has 1 aliphatic carbocycles. The quantitative estimate of drug-likeness (QED) is 0.879. The van der Waals surface area contributed by atoms with Crippen molar-refractivity contribution in [3.8, 4) is 0 Å². The third kappa shape index (κ3) is 2.80. The first kappa shape index (κ1) is 13.6. The number of furan rings is 1. The molecule has 0 spiro atoms. The van der Waals surface area contributed by atoms with Gasteiger partial charge in [0.05, 0.1) is 5.56 Å². The fourth-order valence-corrected chi connectivity index (χ4v) is 2.76. The van der Waals surface area contributed by atoms with Crippen LogP contribution in [0.5, 0.6) is 0 Å². The fraction of sp³-hybridized carbons (Fsp3) is 0.571. The molecule has 1 aliphatic rings. The number of aryl methyl sites for hydroxylation is 1. The molecule has 104 valence electrons. The third-order valence-electron chi connectivity index (χ3n) is 3.75. The molecule has 1 fully saturated rings. The van der Waals surface area contributed by atoms with Crippen LogP contribution in [0.3, 0.4) is 0 Å². The van der Waals surface area contributed by atoms with Crippen molar-refractivity contribution in [2.75, 3.05) is 0 Å².